The normalized spacial score (nSPS) is 14.0. The third-order valence-electron chi connectivity index (χ3n) is 3.93. The van der Waals surface area contributed by atoms with Crippen molar-refractivity contribution in [2.24, 2.45) is 0 Å². The maximum Gasteiger partial charge on any atom is 0.200 e. The molecule has 0 aromatic carbocycles. The zero-order valence-corrected chi connectivity index (χ0v) is 13.9. The van der Waals surface area contributed by atoms with Crippen molar-refractivity contribution in [2.45, 2.75) is 24.5 Å². The van der Waals surface area contributed by atoms with Gasteiger partial charge < -0.3 is 4.52 Å². The van der Waals surface area contributed by atoms with E-state index >= 15 is 0 Å². The molecule has 1 aliphatic carbocycles. The minimum atomic E-state index is -0.0835. The molecule has 1 saturated carbocycles. The summed E-state index contributed by atoms with van der Waals surface area (Å²) in [5, 5.41) is 7.90. The molecule has 3 aromatic rings. The van der Waals surface area contributed by atoms with E-state index in [1.54, 1.807) is 34.9 Å². The highest BCUT2D eigenvalue weighted by Gasteiger charge is 2.33. The molecule has 3 heterocycles. The maximum absolute atomic E-state index is 13.0. The Hall–Kier alpha value is -2.48. The summed E-state index contributed by atoms with van der Waals surface area (Å²) in [5.74, 6) is 2.22. The van der Waals surface area contributed by atoms with Crippen molar-refractivity contribution in [3.63, 3.8) is 0 Å². The van der Waals surface area contributed by atoms with Crippen molar-refractivity contribution in [3.05, 3.63) is 53.6 Å². The number of carbonyl (C=O) groups excluding carboxylic acids is 1. The first-order valence-electron chi connectivity index (χ1n) is 7.61. The SMILES string of the molecule is CSCc1nc(-n2cncn2)ccc1C(=O)c1cnoc1C1CC1. The van der Waals surface area contributed by atoms with Crippen LogP contribution in [0.2, 0.25) is 0 Å². The smallest absolute Gasteiger partial charge is 0.200 e. The predicted octanol–water partition coefficient (Wildman–Crippen LogP) is 2.62. The maximum atomic E-state index is 13.0. The number of hydrogen-bond acceptors (Lipinski definition) is 7. The van der Waals surface area contributed by atoms with Crippen molar-refractivity contribution >= 4 is 17.5 Å². The lowest BCUT2D eigenvalue weighted by atomic mass is 10.0. The van der Waals surface area contributed by atoms with Crippen LogP contribution in [0.4, 0.5) is 0 Å². The largest absolute Gasteiger partial charge is 0.360 e. The van der Waals surface area contributed by atoms with Crippen molar-refractivity contribution in [2.75, 3.05) is 6.26 Å². The molecule has 0 aliphatic heterocycles. The topological polar surface area (TPSA) is 86.7 Å². The van der Waals surface area contributed by atoms with Crippen LogP contribution >= 0.6 is 11.8 Å². The second-order valence-corrected chi connectivity index (χ2v) is 6.51. The standard InChI is InChI=1S/C16H15N5O2S/c1-24-7-13-11(4-5-14(20-13)21-9-17-8-18-21)15(22)12-6-19-23-16(12)10-2-3-10/h4-6,8-10H,2-3,7H2,1H3. The summed E-state index contributed by atoms with van der Waals surface area (Å²) in [6.07, 6.45) is 8.64. The van der Waals surface area contributed by atoms with Crippen LogP contribution < -0.4 is 0 Å². The van der Waals surface area contributed by atoms with Gasteiger partial charge in [0.1, 0.15) is 12.7 Å². The number of rotatable bonds is 6. The molecule has 1 fully saturated rings. The Morgan fingerprint density at radius 1 is 1.38 bits per heavy atom. The molecule has 24 heavy (non-hydrogen) atoms. The van der Waals surface area contributed by atoms with Crippen molar-refractivity contribution in [3.8, 4) is 5.82 Å². The van der Waals surface area contributed by atoms with Crippen LogP contribution in [-0.4, -0.2) is 36.9 Å². The Morgan fingerprint density at radius 2 is 2.25 bits per heavy atom. The van der Waals surface area contributed by atoms with Gasteiger partial charge in [0.25, 0.3) is 0 Å². The van der Waals surface area contributed by atoms with Crippen LogP contribution in [0.5, 0.6) is 0 Å². The second kappa shape index (κ2) is 6.20. The molecule has 3 aromatic heterocycles. The molecule has 122 valence electrons. The van der Waals surface area contributed by atoms with E-state index in [4.69, 9.17) is 4.52 Å². The summed E-state index contributed by atoms with van der Waals surface area (Å²) >= 11 is 1.61. The van der Waals surface area contributed by atoms with Gasteiger partial charge >= 0.3 is 0 Å². The average Bonchev–Trinajstić information content (AvgIpc) is 3.11. The van der Waals surface area contributed by atoms with Crippen LogP contribution in [0.3, 0.4) is 0 Å². The van der Waals surface area contributed by atoms with Crippen LogP contribution in [0.25, 0.3) is 5.82 Å². The number of pyridine rings is 1. The molecule has 0 spiro atoms. The first-order chi connectivity index (χ1) is 11.8. The second-order valence-electron chi connectivity index (χ2n) is 5.64. The van der Waals surface area contributed by atoms with Gasteiger partial charge in [-0.2, -0.15) is 16.9 Å². The van der Waals surface area contributed by atoms with Crippen LogP contribution in [-0.2, 0) is 5.75 Å². The van der Waals surface area contributed by atoms with E-state index in [0.29, 0.717) is 34.4 Å². The van der Waals surface area contributed by atoms with E-state index in [9.17, 15) is 4.79 Å². The first-order valence-corrected chi connectivity index (χ1v) is 9.00. The van der Waals surface area contributed by atoms with Gasteiger partial charge in [-0.15, -0.1) is 0 Å². The Balaban J connectivity index is 1.73. The van der Waals surface area contributed by atoms with Gasteiger partial charge in [-0.1, -0.05) is 5.16 Å². The first kappa shape index (κ1) is 15.1. The van der Waals surface area contributed by atoms with Gasteiger partial charge in [0.2, 0.25) is 0 Å². The van der Waals surface area contributed by atoms with Gasteiger partial charge in [-0.05, 0) is 31.2 Å². The highest BCUT2D eigenvalue weighted by atomic mass is 32.2. The summed E-state index contributed by atoms with van der Waals surface area (Å²) in [6, 6.07) is 3.57. The fourth-order valence-corrected chi connectivity index (χ4v) is 3.10. The van der Waals surface area contributed by atoms with Gasteiger partial charge in [-0.3, -0.25) is 4.79 Å². The number of hydrogen-bond donors (Lipinski definition) is 0. The number of thioether (sulfide) groups is 1. The lowest BCUT2D eigenvalue weighted by Gasteiger charge is -2.09. The molecule has 0 N–H and O–H groups in total. The predicted molar refractivity (Wildman–Crippen MR) is 88.3 cm³/mol. The highest BCUT2D eigenvalue weighted by Crippen LogP contribution is 2.42. The van der Waals surface area contributed by atoms with E-state index in [-0.39, 0.29) is 5.78 Å². The van der Waals surface area contributed by atoms with E-state index in [2.05, 4.69) is 20.2 Å². The molecule has 1 aliphatic rings. The summed E-state index contributed by atoms with van der Waals surface area (Å²) in [5.41, 5.74) is 1.86. The molecule has 0 amide bonds. The van der Waals surface area contributed by atoms with Crippen LogP contribution in [0, 0.1) is 0 Å². The van der Waals surface area contributed by atoms with Gasteiger partial charge in [0, 0.05) is 17.2 Å². The molecule has 0 bridgehead atoms. The summed E-state index contributed by atoms with van der Waals surface area (Å²) in [7, 11) is 0. The Kier molecular flexibility index (Phi) is 3.89. The lowest BCUT2D eigenvalue weighted by Crippen LogP contribution is -2.10. The fourth-order valence-electron chi connectivity index (χ4n) is 2.60. The van der Waals surface area contributed by atoms with Crippen molar-refractivity contribution < 1.29 is 9.32 Å². The van der Waals surface area contributed by atoms with Crippen LogP contribution in [0.1, 0.15) is 46.1 Å². The summed E-state index contributed by atoms with van der Waals surface area (Å²) in [6.45, 7) is 0. The molecular weight excluding hydrogens is 326 g/mol. The number of aromatic nitrogens is 5. The average molecular weight is 341 g/mol. The number of nitrogens with zero attached hydrogens (tertiary/aromatic N) is 5. The zero-order valence-electron chi connectivity index (χ0n) is 13.0. The lowest BCUT2D eigenvalue weighted by molar-refractivity contribution is 0.103. The molecule has 0 saturated heterocycles. The Morgan fingerprint density at radius 3 is 2.96 bits per heavy atom. The monoisotopic (exact) mass is 341 g/mol. The summed E-state index contributed by atoms with van der Waals surface area (Å²) in [4.78, 5) is 21.5. The Bertz CT molecular complexity index is 870. The minimum Gasteiger partial charge on any atom is -0.360 e. The molecule has 0 radical (unpaired) electrons. The molecule has 4 rings (SSSR count). The van der Waals surface area contributed by atoms with Crippen molar-refractivity contribution in [1.82, 2.24) is 24.9 Å². The fraction of sp³-hybridized carbons (Fsp3) is 0.312. The van der Waals surface area contributed by atoms with Crippen LogP contribution in [0.15, 0.2) is 35.5 Å². The van der Waals surface area contributed by atoms with Gasteiger partial charge in [0.05, 0.1) is 17.5 Å². The van der Waals surface area contributed by atoms with E-state index in [0.717, 1.165) is 18.5 Å². The minimum absolute atomic E-state index is 0.0835. The molecular formula is C16H15N5O2S. The van der Waals surface area contributed by atoms with E-state index in [1.807, 2.05) is 6.26 Å². The van der Waals surface area contributed by atoms with E-state index in [1.165, 1.54) is 12.5 Å². The quantitative estimate of drug-likeness (QED) is 0.637. The molecule has 0 unspecified atom stereocenters. The number of carbonyl (C=O) groups is 1. The van der Waals surface area contributed by atoms with E-state index < -0.39 is 0 Å². The zero-order chi connectivity index (χ0) is 16.5. The molecule has 0 atom stereocenters. The van der Waals surface area contributed by atoms with Gasteiger partial charge in [0.15, 0.2) is 17.4 Å². The summed E-state index contributed by atoms with van der Waals surface area (Å²) < 4.78 is 6.87. The highest BCUT2D eigenvalue weighted by molar-refractivity contribution is 7.97. The van der Waals surface area contributed by atoms with Gasteiger partial charge in [-0.25, -0.2) is 14.6 Å². The Labute approximate surface area is 142 Å². The third-order valence-corrected chi connectivity index (χ3v) is 4.49. The third kappa shape index (κ3) is 2.73. The van der Waals surface area contributed by atoms with Crippen molar-refractivity contribution in [1.29, 1.82) is 0 Å². The molecule has 8 heteroatoms. The number of ketones is 1. The molecule has 7 nitrogen and oxygen atoms in total.